The van der Waals surface area contributed by atoms with Gasteiger partial charge in [0.05, 0.1) is 12.7 Å². The second-order valence-corrected chi connectivity index (χ2v) is 6.29. The first-order valence-corrected chi connectivity index (χ1v) is 7.91. The Morgan fingerprint density at radius 1 is 0.960 bits per heavy atom. The van der Waals surface area contributed by atoms with Crippen LogP contribution in [0.25, 0.3) is 0 Å². The highest BCUT2D eigenvalue weighted by Gasteiger charge is 2.46. The van der Waals surface area contributed by atoms with Crippen LogP contribution in [0.3, 0.4) is 0 Å². The Balaban J connectivity index is 1.94. The third-order valence-electron chi connectivity index (χ3n) is 4.32. The lowest BCUT2D eigenvalue weighted by Crippen LogP contribution is -2.64. The fraction of sp³-hybridized carbons (Fsp3) is 0.929. The van der Waals surface area contributed by atoms with Crippen LogP contribution in [0.5, 0.6) is 0 Å². The quantitative estimate of drug-likeness (QED) is 0.257. The summed E-state index contributed by atoms with van der Waals surface area (Å²) >= 11 is 0. The average molecular weight is 367 g/mol. The number of aliphatic hydroxyl groups excluding tert-OH is 6. The van der Waals surface area contributed by atoms with Gasteiger partial charge in [0, 0.05) is 6.92 Å². The lowest BCUT2D eigenvalue weighted by atomic mass is 9.97. The molecule has 2 saturated heterocycles. The van der Waals surface area contributed by atoms with Crippen molar-refractivity contribution in [1.29, 1.82) is 0 Å². The lowest BCUT2D eigenvalue weighted by Gasteiger charge is -2.42. The zero-order valence-electron chi connectivity index (χ0n) is 13.8. The Kier molecular flexibility index (Phi) is 6.70. The second kappa shape index (κ2) is 8.20. The molecule has 0 radical (unpaired) electrons. The summed E-state index contributed by atoms with van der Waals surface area (Å²) in [5.74, 6) is -0.520. The molecule has 0 aromatic rings. The minimum Gasteiger partial charge on any atom is -0.388 e. The van der Waals surface area contributed by atoms with Crippen molar-refractivity contribution in [3.63, 3.8) is 0 Å². The summed E-state index contributed by atoms with van der Waals surface area (Å²) in [7, 11) is 0. The molecule has 1 amide bonds. The van der Waals surface area contributed by atoms with Gasteiger partial charge in [-0.1, -0.05) is 0 Å². The van der Waals surface area contributed by atoms with E-state index < -0.39 is 67.3 Å². The maximum atomic E-state index is 11.1. The molecule has 2 heterocycles. The first kappa shape index (κ1) is 20.4. The largest absolute Gasteiger partial charge is 0.388 e. The number of rotatable bonds is 4. The van der Waals surface area contributed by atoms with Gasteiger partial charge in [-0.2, -0.15) is 0 Å². The molecule has 0 aromatic heterocycles. The molecule has 10 atom stereocenters. The lowest BCUT2D eigenvalue weighted by molar-refractivity contribution is -0.313. The van der Waals surface area contributed by atoms with Crippen LogP contribution in [-0.4, -0.2) is 105 Å². The number of hydrogen-bond acceptors (Lipinski definition) is 10. The van der Waals surface area contributed by atoms with Gasteiger partial charge in [-0.05, 0) is 6.92 Å². The van der Waals surface area contributed by atoms with E-state index in [0.29, 0.717) is 0 Å². The van der Waals surface area contributed by atoms with Crippen molar-refractivity contribution in [1.82, 2.24) is 5.32 Å². The predicted molar refractivity (Wildman–Crippen MR) is 78.8 cm³/mol. The SMILES string of the molecule is CC(=O)N[C@H]1[C@H](O)[C@H](O)[C@H](CO[C@@H]2O[C@@H](C)[C@@H](O)[C@H](O)[C@H]2O)O[C@H]1O. The monoisotopic (exact) mass is 367 g/mol. The molecule has 146 valence electrons. The number of hydrogen-bond donors (Lipinski definition) is 7. The molecule has 2 aliphatic rings. The Labute approximate surface area is 143 Å². The Morgan fingerprint density at radius 2 is 1.60 bits per heavy atom. The standard InChI is InChI=1S/C14H25NO10/c1-4-8(17)11(20)12(21)14(24-4)23-3-6-9(18)10(19)7(13(22)25-6)15-5(2)16/h4,6-14,17-22H,3H2,1-2H3,(H,15,16)/t4-,6-,7-,8+,9+,10-,11-,12+,13+,14+/m0/s1. The zero-order chi connectivity index (χ0) is 18.9. The molecule has 7 N–H and O–H groups in total. The van der Waals surface area contributed by atoms with Gasteiger partial charge < -0.3 is 50.2 Å². The number of aliphatic hydroxyl groups is 6. The number of carbonyl (C=O) groups is 1. The fourth-order valence-corrected chi connectivity index (χ4v) is 2.82. The zero-order valence-corrected chi connectivity index (χ0v) is 13.8. The Hall–Kier alpha value is -0.890. The first-order valence-electron chi connectivity index (χ1n) is 7.91. The third-order valence-corrected chi connectivity index (χ3v) is 4.32. The highest BCUT2D eigenvalue weighted by molar-refractivity contribution is 5.73. The van der Waals surface area contributed by atoms with Crippen LogP contribution in [0.1, 0.15) is 13.8 Å². The molecule has 11 heteroatoms. The molecule has 0 aromatic carbocycles. The summed E-state index contributed by atoms with van der Waals surface area (Å²) in [4.78, 5) is 11.1. The van der Waals surface area contributed by atoms with Crippen LogP contribution in [-0.2, 0) is 19.0 Å². The Bertz CT molecular complexity index is 465. The molecule has 11 nitrogen and oxygen atoms in total. The smallest absolute Gasteiger partial charge is 0.217 e. The Morgan fingerprint density at radius 3 is 2.20 bits per heavy atom. The van der Waals surface area contributed by atoms with Crippen LogP contribution in [0, 0.1) is 0 Å². The topological polar surface area (TPSA) is 178 Å². The number of carbonyl (C=O) groups excluding carboxylic acids is 1. The van der Waals surface area contributed by atoms with Crippen LogP contribution >= 0.6 is 0 Å². The number of ether oxygens (including phenoxy) is 3. The van der Waals surface area contributed by atoms with Gasteiger partial charge in [0.1, 0.15) is 42.7 Å². The van der Waals surface area contributed by atoms with Gasteiger partial charge in [0.2, 0.25) is 5.91 Å². The third kappa shape index (κ3) is 4.45. The highest BCUT2D eigenvalue weighted by Crippen LogP contribution is 2.24. The van der Waals surface area contributed by atoms with Crippen molar-refractivity contribution in [2.45, 2.75) is 75.2 Å². The molecule has 0 aliphatic carbocycles. The van der Waals surface area contributed by atoms with Crippen molar-refractivity contribution < 1.29 is 49.6 Å². The summed E-state index contributed by atoms with van der Waals surface area (Å²) in [5.41, 5.74) is 0. The molecule has 25 heavy (non-hydrogen) atoms. The van der Waals surface area contributed by atoms with E-state index in [1.54, 1.807) is 0 Å². The normalized spacial score (nSPS) is 48.2. The molecule has 0 unspecified atom stereocenters. The molecule has 0 spiro atoms. The highest BCUT2D eigenvalue weighted by atomic mass is 16.7. The van der Waals surface area contributed by atoms with Crippen molar-refractivity contribution in [2.75, 3.05) is 6.61 Å². The molecule has 2 aliphatic heterocycles. The van der Waals surface area contributed by atoms with Crippen molar-refractivity contribution in [3.05, 3.63) is 0 Å². The van der Waals surface area contributed by atoms with Gasteiger partial charge >= 0.3 is 0 Å². The molecule has 2 fully saturated rings. The maximum Gasteiger partial charge on any atom is 0.217 e. The van der Waals surface area contributed by atoms with Gasteiger partial charge in [-0.3, -0.25) is 4.79 Å². The van der Waals surface area contributed by atoms with Gasteiger partial charge in [0.25, 0.3) is 0 Å². The molecule has 2 rings (SSSR count). The summed E-state index contributed by atoms with van der Waals surface area (Å²) < 4.78 is 15.6. The van der Waals surface area contributed by atoms with Crippen LogP contribution in [0.2, 0.25) is 0 Å². The van der Waals surface area contributed by atoms with E-state index in [2.05, 4.69) is 5.32 Å². The van der Waals surface area contributed by atoms with E-state index in [1.165, 1.54) is 13.8 Å². The van der Waals surface area contributed by atoms with E-state index in [0.717, 1.165) is 0 Å². The van der Waals surface area contributed by atoms with E-state index in [-0.39, 0.29) is 6.61 Å². The van der Waals surface area contributed by atoms with Crippen molar-refractivity contribution in [2.24, 2.45) is 0 Å². The van der Waals surface area contributed by atoms with Gasteiger partial charge in [-0.25, -0.2) is 0 Å². The minimum absolute atomic E-state index is 0.390. The summed E-state index contributed by atoms with van der Waals surface area (Å²) in [6.07, 6.45) is -12.2. The van der Waals surface area contributed by atoms with E-state index in [4.69, 9.17) is 14.2 Å². The second-order valence-electron chi connectivity index (χ2n) is 6.29. The average Bonchev–Trinajstić information content (AvgIpc) is 2.55. The molecule has 0 saturated carbocycles. The maximum absolute atomic E-state index is 11.1. The van der Waals surface area contributed by atoms with Crippen molar-refractivity contribution >= 4 is 5.91 Å². The summed E-state index contributed by atoms with van der Waals surface area (Å²) in [5, 5.41) is 61.4. The van der Waals surface area contributed by atoms with Crippen LogP contribution in [0.4, 0.5) is 0 Å². The van der Waals surface area contributed by atoms with Gasteiger partial charge in [0.15, 0.2) is 12.6 Å². The predicted octanol–water partition coefficient (Wildman–Crippen LogP) is -4.23. The first-order chi connectivity index (χ1) is 11.6. The molecular weight excluding hydrogens is 342 g/mol. The van der Waals surface area contributed by atoms with Crippen molar-refractivity contribution in [3.8, 4) is 0 Å². The van der Waals surface area contributed by atoms with E-state index >= 15 is 0 Å². The van der Waals surface area contributed by atoms with Crippen LogP contribution < -0.4 is 5.32 Å². The molecular formula is C14H25NO10. The minimum atomic E-state index is -1.58. The van der Waals surface area contributed by atoms with E-state index in [9.17, 15) is 35.4 Å². The van der Waals surface area contributed by atoms with Gasteiger partial charge in [-0.15, -0.1) is 0 Å². The summed E-state index contributed by atoms with van der Waals surface area (Å²) in [6.45, 7) is 2.27. The molecule has 0 bridgehead atoms. The van der Waals surface area contributed by atoms with E-state index in [1.807, 2.05) is 0 Å². The fourth-order valence-electron chi connectivity index (χ4n) is 2.82. The number of amides is 1. The van der Waals surface area contributed by atoms with Crippen LogP contribution in [0.15, 0.2) is 0 Å². The summed E-state index contributed by atoms with van der Waals surface area (Å²) in [6, 6.07) is -1.21. The number of nitrogens with one attached hydrogen (secondary N) is 1.